The van der Waals surface area contributed by atoms with Crippen molar-refractivity contribution in [3.63, 3.8) is 0 Å². The zero-order chi connectivity index (χ0) is 54.8. The van der Waals surface area contributed by atoms with Crippen LogP contribution >= 0.6 is 0 Å². The average Bonchev–Trinajstić information content (AvgIpc) is 4.17. The van der Waals surface area contributed by atoms with E-state index in [-0.39, 0.29) is 36.8 Å². The number of nitrogens with zero attached hydrogens (tertiary/aromatic N) is 3. The summed E-state index contributed by atoms with van der Waals surface area (Å²) in [5, 5.41) is 31.9. The van der Waals surface area contributed by atoms with Gasteiger partial charge in [-0.05, 0) is 88.6 Å². The molecule has 2 aliphatic rings. The van der Waals surface area contributed by atoms with Crippen molar-refractivity contribution in [2.75, 3.05) is 6.54 Å². The summed E-state index contributed by atoms with van der Waals surface area (Å²) in [5.41, 5.74) is -7.38. The van der Waals surface area contributed by atoms with Crippen LogP contribution in [0.2, 0.25) is 0 Å². The Balaban J connectivity index is 1.59. The normalized spacial score (nSPS) is 17.4. The molecule has 0 radical (unpaired) electrons. The Bertz CT molecular complexity index is 2520. The number of amides is 4. The summed E-state index contributed by atoms with van der Waals surface area (Å²) in [7, 11) is 0. The fourth-order valence-corrected chi connectivity index (χ4v) is 7.34. The predicted octanol–water partition coefficient (Wildman–Crippen LogP) is 7.69. The van der Waals surface area contributed by atoms with Crippen LogP contribution in [0.5, 0.6) is 0 Å². The number of hydrogen-bond acceptors (Lipinski definition) is 9. The molecule has 1 aromatic heterocycles. The van der Waals surface area contributed by atoms with E-state index in [9.17, 15) is 68.2 Å². The lowest BCUT2D eigenvalue weighted by atomic mass is 9.82. The standard InChI is InChI=1S/C47H55F12N9O5/c1-42(2,46(54,55)56)34(64-38(72)44(5)11-12-44)36(70)63-32(15-24-7-9-25(10-8-24)28-20-62-68(21-28)41(52)53)33(69)23-67(22-29-30(48)16-26(17-31(29)49)27(18-60)19-61-40(50)51)66-37(71)35(43(3,4)47(57,58)59)65-39(73)45(6)13-14-45/h7-10,16-21,32-35,40-41,60-61,69H,11-15,22-23H2,1-6H3,(H,63,70)(H,64,72)(H,65,73)(H,66,71)/b27-19+,60-18?/t32-,33-,34+,35+/m0/s1. The SMILES string of the molecule is CC1(C(=O)N[C@H](C(=O)N[C@@H](Cc2ccc(-c3cnn(C(F)F)c3)cc2)[C@@H](O)CN(Cc2c(F)cc(/C(C=N)=C/NC(F)F)cc2F)NC(=O)[C@@H](NC(=O)C2(C)CC2)C(C)(C)C(F)(F)F)C(C)(C)C(F)(F)F)CC1. The van der Waals surface area contributed by atoms with Crippen molar-refractivity contribution in [2.45, 2.75) is 130 Å². The second-order valence-electron chi connectivity index (χ2n) is 19.9. The number of aliphatic hydroxyl groups excluding tert-OH is 1. The summed E-state index contributed by atoms with van der Waals surface area (Å²) in [6, 6.07) is 0.101. The lowest BCUT2D eigenvalue weighted by molar-refractivity contribution is -0.222. The zero-order valence-electron chi connectivity index (χ0n) is 40.1. The third-order valence-corrected chi connectivity index (χ3v) is 13.4. The van der Waals surface area contributed by atoms with Crippen molar-refractivity contribution in [3.05, 3.63) is 83.3 Å². The molecular formula is C47H55F12N9O5. The van der Waals surface area contributed by atoms with Gasteiger partial charge in [0.2, 0.25) is 17.7 Å². The summed E-state index contributed by atoms with van der Waals surface area (Å²) in [4.78, 5) is 54.9. The quantitative estimate of drug-likeness (QED) is 0.0218. The third kappa shape index (κ3) is 13.7. The Labute approximate surface area is 411 Å². The Hall–Kier alpha value is -6.18. The van der Waals surface area contributed by atoms with E-state index in [1.165, 1.54) is 38.1 Å². The Morgan fingerprint density at radius 3 is 1.71 bits per heavy atom. The maximum absolute atomic E-state index is 16.0. The van der Waals surface area contributed by atoms with Crippen LogP contribution in [0.15, 0.2) is 55.0 Å². The van der Waals surface area contributed by atoms with Gasteiger partial charge in [0.15, 0.2) is 0 Å². The van der Waals surface area contributed by atoms with Crippen molar-refractivity contribution in [1.82, 2.24) is 41.5 Å². The van der Waals surface area contributed by atoms with E-state index in [1.807, 2.05) is 0 Å². The summed E-state index contributed by atoms with van der Waals surface area (Å²) in [6.45, 7) is -3.10. The molecule has 402 valence electrons. The van der Waals surface area contributed by atoms with Gasteiger partial charge in [-0.2, -0.15) is 49.0 Å². The van der Waals surface area contributed by atoms with Gasteiger partial charge in [0.1, 0.15) is 23.7 Å². The van der Waals surface area contributed by atoms with Crippen molar-refractivity contribution in [1.29, 1.82) is 5.41 Å². The zero-order valence-corrected chi connectivity index (χ0v) is 40.1. The number of rotatable bonds is 23. The average molecular weight is 1050 g/mol. The van der Waals surface area contributed by atoms with Gasteiger partial charge in [-0.3, -0.25) is 24.6 Å². The Morgan fingerprint density at radius 1 is 0.795 bits per heavy atom. The van der Waals surface area contributed by atoms with E-state index in [0.717, 1.165) is 12.4 Å². The first-order valence-corrected chi connectivity index (χ1v) is 22.6. The fourth-order valence-electron chi connectivity index (χ4n) is 7.34. The molecule has 4 atom stereocenters. The van der Waals surface area contributed by atoms with Gasteiger partial charge in [-0.1, -0.05) is 38.1 Å². The van der Waals surface area contributed by atoms with Crippen molar-refractivity contribution in [3.8, 4) is 11.1 Å². The molecule has 73 heavy (non-hydrogen) atoms. The second-order valence-corrected chi connectivity index (χ2v) is 19.9. The van der Waals surface area contributed by atoms with Crippen molar-refractivity contribution >= 4 is 35.4 Å². The predicted molar refractivity (Wildman–Crippen MR) is 240 cm³/mol. The number of carbonyl (C=O) groups excluding carboxylic acids is 4. The first-order valence-electron chi connectivity index (χ1n) is 22.6. The van der Waals surface area contributed by atoms with Crippen LogP contribution in [0, 0.1) is 38.7 Å². The van der Waals surface area contributed by atoms with E-state index < -0.39 is 143 Å². The van der Waals surface area contributed by atoms with Gasteiger partial charge in [0.05, 0.1) is 29.2 Å². The van der Waals surface area contributed by atoms with Gasteiger partial charge >= 0.3 is 25.5 Å². The number of nitrogens with one attached hydrogen (secondary N) is 6. The molecular weight excluding hydrogens is 999 g/mol. The van der Waals surface area contributed by atoms with Crippen LogP contribution in [-0.4, -0.2) is 99.4 Å². The molecule has 4 amide bonds. The number of hydrogen-bond donors (Lipinski definition) is 7. The molecule has 7 N–H and O–H groups in total. The monoisotopic (exact) mass is 1050 g/mol. The van der Waals surface area contributed by atoms with Crippen LogP contribution < -0.4 is 26.7 Å². The van der Waals surface area contributed by atoms with E-state index in [1.54, 1.807) is 5.32 Å². The highest BCUT2D eigenvalue weighted by molar-refractivity contribution is 6.08. The number of allylic oxidation sites excluding steroid dienone is 1. The maximum Gasteiger partial charge on any atom is 0.396 e. The second kappa shape index (κ2) is 21.7. The summed E-state index contributed by atoms with van der Waals surface area (Å²) in [6.07, 6.45) is -8.78. The number of aromatic nitrogens is 2. The number of benzene rings is 2. The minimum atomic E-state index is -5.20. The minimum Gasteiger partial charge on any atom is -0.390 e. The molecule has 0 bridgehead atoms. The third-order valence-electron chi connectivity index (χ3n) is 13.4. The van der Waals surface area contributed by atoms with Crippen LogP contribution in [0.3, 0.4) is 0 Å². The molecule has 0 spiro atoms. The number of carbonyl (C=O) groups is 4. The number of aliphatic hydroxyl groups is 1. The topological polar surface area (TPSA) is 194 Å². The molecule has 2 fully saturated rings. The fraction of sp³-hybridized carbons (Fsp3) is 0.532. The highest BCUT2D eigenvalue weighted by Crippen LogP contribution is 2.48. The van der Waals surface area contributed by atoms with E-state index >= 15 is 8.78 Å². The van der Waals surface area contributed by atoms with Crippen molar-refractivity contribution in [2.24, 2.45) is 21.7 Å². The molecule has 2 saturated carbocycles. The van der Waals surface area contributed by atoms with Crippen LogP contribution in [0.25, 0.3) is 16.7 Å². The molecule has 5 rings (SSSR count). The molecule has 0 unspecified atom stereocenters. The molecule has 26 heteroatoms. The lowest BCUT2D eigenvalue weighted by Gasteiger charge is -2.39. The van der Waals surface area contributed by atoms with Gasteiger partial charge < -0.3 is 31.8 Å². The summed E-state index contributed by atoms with van der Waals surface area (Å²) < 4.78 is 173. The van der Waals surface area contributed by atoms with E-state index in [2.05, 4.69) is 26.5 Å². The molecule has 1 heterocycles. The highest BCUT2D eigenvalue weighted by Gasteiger charge is 2.59. The Morgan fingerprint density at radius 2 is 1.29 bits per heavy atom. The first kappa shape index (κ1) is 57.7. The molecule has 2 aliphatic carbocycles. The van der Waals surface area contributed by atoms with Gasteiger partial charge in [-0.15, -0.1) is 0 Å². The van der Waals surface area contributed by atoms with Crippen molar-refractivity contribution < 1.29 is 77.0 Å². The Kier molecular flexibility index (Phi) is 17.2. The lowest BCUT2D eigenvalue weighted by Crippen LogP contribution is -2.64. The number of hydrazine groups is 1. The van der Waals surface area contributed by atoms with Gasteiger partial charge in [-0.25, -0.2) is 18.5 Å². The maximum atomic E-state index is 16.0. The molecule has 2 aromatic carbocycles. The smallest absolute Gasteiger partial charge is 0.390 e. The van der Waals surface area contributed by atoms with Crippen LogP contribution in [0.4, 0.5) is 52.7 Å². The minimum absolute atomic E-state index is 0.193. The van der Waals surface area contributed by atoms with E-state index in [4.69, 9.17) is 5.41 Å². The number of halogens is 12. The number of alkyl halides is 10. The summed E-state index contributed by atoms with van der Waals surface area (Å²) in [5.74, 6) is -7.93. The van der Waals surface area contributed by atoms with E-state index in [0.29, 0.717) is 67.5 Å². The first-order chi connectivity index (χ1) is 33.6. The van der Waals surface area contributed by atoms with Crippen LogP contribution in [-0.2, 0) is 32.1 Å². The van der Waals surface area contributed by atoms with Crippen LogP contribution in [0.1, 0.15) is 90.5 Å². The largest absolute Gasteiger partial charge is 0.396 e. The van der Waals surface area contributed by atoms with Gasteiger partial charge in [0, 0.05) is 59.2 Å². The van der Waals surface area contributed by atoms with Gasteiger partial charge in [0.25, 0.3) is 5.91 Å². The molecule has 0 saturated heterocycles. The summed E-state index contributed by atoms with van der Waals surface area (Å²) >= 11 is 0. The molecule has 3 aromatic rings. The molecule has 14 nitrogen and oxygen atoms in total. The highest BCUT2D eigenvalue weighted by atomic mass is 19.4. The molecule has 0 aliphatic heterocycles.